The fourth-order valence-corrected chi connectivity index (χ4v) is 11.5. The lowest BCUT2D eigenvalue weighted by Gasteiger charge is -2.45. The van der Waals surface area contributed by atoms with Crippen molar-refractivity contribution in [3.8, 4) is 0 Å². The molecule has 0 aliphatic carbocycles. The first-order valence-electron chi connectivity index (χ1n) is 32.7. The number of carbonyl (C=O) groups excluding carboxylic acids is 3. The standard InChI is InChI=1S/C62H119N2O17P/c1-6-7-8-9-10-11-12-13-14-21-26-31-36-41-54(69)78-49(40-35-30-25-20-16-18-23-28-33-38-47(4)5)43-53(68)64-55-59(72)57(70)50(44-65)79-61(55)77-45-51-58(71)60(73)56(62(80-51)81-82(74,75)76)63-52(67)42-48(66)39-34-29-24-19-15-17-22-27-32-37-46(2)3/h46-51,55-62,65-66,70-73H,6-45H2,1-5H3,(H,63,67)(H,64,68)(H2,74,75,76)/t48?,49?,50-,51-,55-,56-,57-,58-,59-,60+,61-,62-/m1/s1. The van der Waals surface area contributed by atoms with Gasteiger partial charge in [-0.25, -0.2) is 4.57 Å². The summed E-state index contributed by atoms with van der Waals surface area (Å²) in [6.45, 7) is 9.70. The summed E-state index contributed by atoms with van der Waals surface area (Å²) in [6.07, 6.45) is 21.7. The molecule has 2 aliphatic heterocycles. The van der Waals surface area contributed by atoms with Gasteiger partial charge in [0.25, 0.3) is 0 Å². The molecule has 0 aromatic rings. The Bertz CT molecular complexity index is 1660. The summed E-state index contributed by atoms with van der Waals surface area (Å²) < 4.78 is 40.3. The molecule has 2 unspecified atom stereocenters. The molecular weight excluding hydrogens is 1080 g/mol. The van der Waals surface area contributed by atoms with E-state index in [-0.39, 0.29) is 12.8 Å². The monoisotopic (exact) mass is 1190 g/mol. The quantitative estimate of drug-likeness (QED) is 0.0154. The minimum Gasteiger partial charge on any atom is -0.462 e. The molecule has 2 amide bonds. The molecule has 19 nitrogen and oxygen atoms in total. The molecular formula is C62H119N2O17P. The molecule has 12 atom stereocenters. The Morgan fingerprint density at radius 3 is 1.32 bits per heavy atom. The average molecular weight is 1200 g/mol. The van der Waals surface area contributed by atoms with Gasteiger partial charge in [0.05, 0.1) is 32.2 Å². The van der Waals surface area contributed by atoms with E-state index in [2.05, 4.69) is 45.3 Å². The number of aliphatic hydroxyl groups excluding tert-OH is 6. The molecule has 20 heteroatoms. The van der Waals surface area contributed by atoms with Gasteiger partial charge < -0.3 is 70.0 Å². The van der Waals surface area contributed by atoms with E-state index in [9.17, 15) is 59.4 Å². The molecule has 484 valence electrons. The number of amides is 2. The van der Waals surface area contributed by atoms with Gasteiger partial charge in [-0.15, -0.1) is 0 Å². The van der Waals surface area contributed by atoms with Crippen LogP contribution in [0, 0.1) is 11.8 Å². The fourth-order valence-electron chi connectivity index (χ4n) is 11.1. The highest BCUT2D eigenvalue weighted by atomic mass is 31.2. The van der Waals surface area contributed by atoms with Crippen molar-refractivity contribution in [2.24, 2.45) is 11.8 Å². The number of esters is 1. The summed E-state index contributed by atoms with van der Waals surface area (Å²) in [5, 5.41) is 70.5. The van der Waals surface area contributed by atoms with Crippen LogP contribution in [0.15, 0.2) is 0 Å². The van der Waals surface area contributed by atoms with Gasteiger partial charge in [0.15, 0.2) is 12.6 Å². The van der Waals surface area contributed by atoms with Crippen LogP contribution in [0.1, 0.15) is 279 Å². The highest BCUT2D eigenvalue weighted by Crippen LogP contribution is 2.41. The lowest BCUT2D eigenvalue weighted by atomic mass is 9.95. The Labute approximate surface area is 494 Å². The Balaban J connectivity index is 2.03. The van der Waals surface area contributed by atoms with Crippen LogP contribution in [0.3, 0.4) is 0 Å². The SMILES string of the molecule is CCCCCCCCCCCCCCCC(=O)OC(CCCCCCCCCCCC(C)C)CC(=O)N[C@H]1[C@H](OC[C@H]2O[C@H](OP(=O)(O)O)[C@H](NC(=O)CC(O)CCCCCCCCCCCC(C)C)[C@H](O)[C@@H]2O)O[C@H](CO)[C@@H](O)[C@@H]1O. The van der Waals surface area contributed by atoms with Gasteiger partial charge in [0, 0.05) is 6.42 Å². The number of hydrogen-bond acceptors (Lipinski definition) is 15. The Kier molecular flexibility index (Phi) is 43.1. The summed E-state index contributed by atoms with van der Waals surface area (Å²) >= 11 is 0. The zero-order valence-electron chi connectivity index (χ0n) is 51.6. The van der Waals surface area contributed by atoms with Crippen LogP contribution in [-0.4, -0.2) is 145 Å². The van der Waals surface area contributed by atoms with Crippen molar-refractivity contribution < 1.29 is 82.8 Å². The number of rotatable bonds is 51. The summed E-state index contributed by atoms with van der Waals surface area (Å²) in [7, 11) is -5.36. The topological polar surface area (TPSA) is 300 Å². The van der Waals surface area contributed by atoms with E-state index in [1.807, 2.05) is 0 Å². The van der Waals surface area contributed by atoms with Crippen LogP contribution >= 0.6 is 7.82 Å². The molecule has 0 radical (unpaired) electrons. The van der Waals surface area contributed by atoms with Crippen LogP contribution in [0.25, 0.3) is 0 Å². The van der Waals surface area contributed by atoms with Gasteiger partial charge in [-0.05, 0) is 37.5 Å². The maximum Gasteiger partial charge on any atom is 0.472 e. The molecule has 82 heavy (non-hydrogen) atoms. The van der Waals surface area contributed by atoms with Crippen molar-refractivity contribution >= 4 is 25.6 Å². The average Bonchev–Trinajstić information content (AvgIpc) is 3.47. The van der Waals surface area contributed by atoms with Crippen LogP contribution in [0.4, 0.5) is 0 Å². The van der Waals surface area contributed by atoms with Crippen molar-refractivity contribution in [1.29, 1.82) is 0 Å². The van der Waals surface area contributed by atoms with Crippen LogP contribution in [-0.2, 0) is 42.4 Å². The molecule has 2 fully saturated rings. The van der Waals surface area contributed by atoms with E-state index < -0.39 is 119 Å². The van der Waals surface area contributed by atoms with E-state index >= 15 is 0 Å². The van der Waals surface area contributed by atoms with Crippen LogP contribution in [0.2, 0.25) is 0 Å². The predicted octanol–water partition coefficient (Wildman–Crippen LogP) is 10.4. The smallest absolute Gasteiger partial charge is 0.462 e. The first-order valence-corrected chi connectivity index (χ1v) is 34.2. The molecule has 2 heterocycles. The third kappa shape index (κ3) is 36.3. The van der Waals surface area contributed by atoms with Crippen molar-refractivity contribution in [2.75, 3.05) is 13.2 Å². The number of ether oxygens (including phenoxy) is 4. The number of hydrogen-bond donors (Lipinski definition) is 10. The minimum atomic E-state index is -5.36. The van der Waals surface area contributed by atoms with Gasteiger partial charge in [0.2, 0.25) is 11.8 Å². The summed E-state index contributed by atoms with van der Waals surface area (Å²) in [5.41, 5.74) is 0. The van der Waals surface area contributed by atoms with E-state index in [1.165, 1.54) is 122 Å². The number of aliphatic hydroxyl groups is 6. The first-order chi connectivity index (χ1) is 39.3. The summed E-state index contributed by atoms with van der Waals surface area (Å²) in [5.74, 6) is -0.405. The number of carbonyl (C=O) groups is 3. The number of nitrogens with one attached hydrogen (secondary N) is 2. The lowest BCUT2D eigenvalue weighted by molar-refractivity contribution is -0.296. The largest absolute Gasteiger partial charge is 0.472 e. The lowest BCUT2D eigenvalue weighted by Crippen LogP contribution is -2.66. The number of phosphoric ester groups is 1. The number of phosphoric acid groups is 1. The second-order valence-electron chi connectivity index (χ2n) is 24.8. The van der Waals surface area contributed by atoms with E-state index in [0.717, 1.165) is 82.5 Å². The molecule has 0 aromatic carbocycles. The van der Waals surface area contributed by atoms with Crippen molar-refractivity contribution in [3.05, 3.63) is 0 Å². The summed E-state index contributed by atoms with van der Waals surface area (Å²) in [6, 6.07) is -3.22. The molecule has 2 saturated heterocycles. The van der Waals surface area contributed by atoms with Gasteiger partial charge in [-0.1, -0.05) is 234 Å². The first kappa shape index (κ1) is 76.3. The fraction of sp³-hybridized carbons (Fsp3) is 0.952. The zero-order chi connectivity index (χ0) is 60.5. The van der Waals surface area contributed by atoms with Gasteiger partial charge in [0.1, 0.15) is 54.8 Å². The maximum atomic E-state index is 13.9. The maximum absolute atomic E-state index is 13.9. The normalized spacial score (nSPS) is 24.0. The van der Waals surface area contributed by atoms with E-state index in [1.54, 1.807) is 0 Å². The van der Waals surface area contributed by atoms with E-state index in [4.69, 9.17) is 23.5 Å². The molecule has 0 spiro atoms. The third-order valence-electron chi connectivity index (χ3n) is 16.1. The van der Waals surface area contributed by atoms with Crippen LogP contribution < -0.4 is 10.6 Å². The molecule has 0 bridgehead atoms. The van der Waals surface area contributed by atoms with Crippen molar-refractivity contribution in [2.45, 2.75) is 352 Å². The molecule has 0 aromatic heterocycles. The minimum absolute atomic E-state index is 0.214. The second-order valence-corrected chi connectivity index (χ2v) is 26.0. The van der Waals surface area contributed by atoms with Crippen LogP contribution in [0.5, 0.6) is 0 Å². The predicted molar refractivity (Wildman–Crippen MR) is 318 cm³/mol. The molecule has 10 N–H and O–H groups in total. The Morgan fingerprint density at radius 1 is 0.500 bits per heavy atom. The number of unbranched alkanes of at least 4 members (excludes halogenated alkanes) is 28. The summed E-state index contributed by atoms with van der Waals surface area (Å²) in [4.78, 5) is 59.8. The third-order valence-corrected chi connectivity index (χ3v) is 16.6. The van der Waals surface area contributed by atoms with E-state index in [0.29, 0.717) is 32.1 Å². The molecule has 2 aliphatic rings. The van der Waals surface area contributed by atoms with Crippen molar-refractivity contribution in [3.63, 3.8) is 0 Å². The second kappa shape index (κ2) is 46.3. The van der Waals surface area contributed by atoms with Gasteiger partial charge >= 0.3 is 13.8 Å². The zero-order valence-corrected chi connectivity index (χ0v) is 52.5. The molecule has 0 saturated carbocycles. The molecule has 2 rings (SSSR count). The highest BCUT2D eigenvalue weighted by molar-refractivity contribution is 7.46. The Morgan fingerprint density at radius 2 is 0.878 bits per heavy atom. The van der Waals surface area contributed by atoms with Gasteiger partial charge in [-0.2, -0.15) is 0 Å². The highest BCUT2D eigenvalue weighted by Gasteiger charge is 2.50. The van der Waals surface area contributed by atoms with Crippen molar-refractivity contribution in [1.82, 2.24) is 10.6 Å². The van der Waals surface area contributed by atoms with Gasteiger partial charge in [-0.3, -0.25) is 18.9 Å². The Hall–Kier alpha value is -1.84.